The molecule has 1 unspecified atom stereocenters. The van der Waals surface area contributed by atoms with Gasteiger partial charge < -0.3 is 15.0 Å². The molecular formula is C15H28N2O2. The molecule has 1 heterocycles. The van der Waals surface area contributed by atoms with Crippen LogP contribution in [0, 0.1) is 11.8 Å². The molecule has 0 bridgehead atoms. The van der Waals surface area contributed by atoms with Gasteiger partial charge in [-0.25, -0.2) is 0 Å². The van der Waals surface area contributed by atoms with Crippen molar-refractivity contribution in [1.82, 2.24) is 10.2 Å². The summed E-state index contributed by atoms with van der Waals surface area (Å²) in [7, 11) is 3.71. The van der Waals surface area contributed by atoms with Crippen LogP contribution in [0.2, 0.25) is 0 Å². The van der Waals surface area contributed by atoms with Crippen LogP contribution in [0.15, 0.2) is 0 Å². The zero-order chi connectivity index (χ0) is 13.7. The molecule has 0 spiro atoms. The maximum atomic E-state index is 11.5. The monoisotopic (exact) mass is 268 g/mol. The first kappa shape index (κ1) is 14.8. The SMILES string of the molecule is COC(=O)C1CCC(NCC2CCCN(C)C2)CC1. The van der Waals surface area contributed by atoms with Crippen LogP contribution in [0.25, 0.3) is 0 Å². The summed E-state index contributed by atoms with van der Waals surface area (Å²) in [4.78, 5) is 13.9. The van der Waals surface area contributed by atoms with E-state index in [0.29, 0.717) is 6.04 Å². The second kappa shape index (κ2) is 7.25. The fourth-order valence-electron chi connectivity index (χ4n) is 3.47. The number of carbonyl (C=O) groups excluding carboxylic acids is 1. The Morgan fingerprint density at radius 2 is 2.00 bits per heavy atom. The van der Waals surface area contributed by atoms with Gasteiger partial charge in [0.25, 0.3) is 0 Å². The average molecular weight is 268 g/mol. The van der Waals surface area contributed by atoms with Crippen LogP contribution in [0.1, 0.15) is 38.5 Å². The van der Waals surface area contributed by atoms with Crippen molar-refractivity contribution >= 4 is 5.97 Å². The molecule has 1 aliphatic heterocycles. The second-order valence-corrected chi connectivity index (χ2v) is 6.25. The Hall–Kier alpha value is -0.610. The molecule has 2 aliphatic rings. The third-order valence-electron chi connectivity index (χ3n) is 4.68. The number of piperidine rings is 1. The van der Waals surface area contributed by atoms with Crippen molar-refractivity contribution < 1.29 is 9.53 Å². The van der Waals surface area contributed by atoms with Gasteiger partial charge in [0.15, 0.2) is 0 Å². The van der Waals surface area contributed by atoms with E-state index in [1.165, 1.54) is 33.0 Å². The van der Waals surface area contributed by atoms with Gasteiger partial charge >= 0.3 is 5.97 Å². The minimum absolute atomic E-state index is 0.0210. The molecule has 1 atom stereocenters. The second-order valence-electron chi connectivity index (χ2n) is 6.25. The molecular weight excluding hydrogens is 240 g/mol. The highest BCUT2D eigenvalue weighted by Gasteiger charge is 2.27. The predicted molar refractivity (Wildman–Crippen MR) is 76.0 cm³/mol. The number of methoxy groups -OCH3 is 1. The molecule has 19 heavy (non-hydrogen) atoms. The van der Waals surface area contributed by atoms with Gasteiger partial charge in [-0.2, -0.15) is 0 Å². The first-order chi connectivity index (χ1) is 9.19. The zero-order valence-corrected chi connectivity index (χ0v) is 12.4. The van der Waals surface area contributed by atoms with Gasteiger partial charge in [0.2, 0.25) is 0 Å². The molecule has 0 amide bonds. The van der Waals surface area contributed by atoms with Crippen molar-refractivity contribution in [3.63, 3.8) is 0 Å². The number of likely N-dealkylation sites (tertiary alicyclic amines) is 1. The molecule has 1 aliphatic carbocycles. The van der Waals surface area contributed by atoms with E-state index in [0.717, 1.165) is 38.1 Å². The minimum atomic E-state index is -0.0210. The Bertz CT molecular complexity index is 288. The van der Waals surface area contributed by atoms with E-state index in [4.69, 9.17) is 4.74 Å². The summed E-state index contributed by atoms with van der Waals surface area (Å²) in [6.45, 7) is 3.61. The van der Waals surface area contributed by atoms with Crippen molar-refractivity contribution in [3.8, 4) is 0 Å². The molecule has 4 heteroatoms. The van der Waals surface area contributed by atoms with E-state index >= 15 is 0 Å². The van der Waals surface area contributed by atoms with Gasteiger partial charge in [-0.1, -0.05) is 0 Å². The smallest absolute Gasteiger partial charge is 0.308 e. The summed E-state index contributed by atoms with van der Waals surface area (Å²) in [6, 6.07) is 0.605. The Morgan fingerprint density at radius 1 is 1.26 bits per heavy atom. The van der Waals surface area contributed by atoms with Crippen LogP contribution >= 0.6 is 0 Å². The van der Waals surface area contributed by atoms with Crippen molar-refractivity contribution in [3.05, 3.63) is 0 Å². The lowest BCUT2D eigenvalue weighted by atomic mass is 9.85. The topological polar surface area (TPSA) is 41.6 Å². The highest BCUT2D eigenvalue weighted by molar-refractivity contribution is 5.72. The molecule has 0 radical (unpaired) electrons. The molecule has 0 aromatic rings. The average Bonchev–Trinajstić information content (AvgIpc) is 2.45. The summed E-state index contributed by atoms with van der Waals surface area (Å²) in [5, 5.41) is 3.71. The molecule has 1 saturated heterocycles. The lowest BCUT2D eigenvalue weighted by molar-refractivity contribution is -0.146. The summed E-state index contributed by atoms with van der Waals surface area (Å²) in [5.74, 6) is 0.924. The van der Waals surface area contributed by atoms with Crippen LogP contribution < -0.4 is 5.32 Å². The number of nitrogens with one attached hydrogen (secondary N) is 1. The van der Waals surface area contributed by atoms with Crippen LogP contribution in [0.5, 0.6) is 0 Å². The van der Waals surface area contributed by atoms with Crippen molar-refractivity contribution in [1.29, 1.82) is 0 Å². The highest BCUT2D eigenvalue weighted by Crippen LogP contribution is 2.25. The normalized spacial score (nSPS) is 33.1. The van der Waals surface area contributed by atoms with E-state index in [-0.39, 0.29) is 11.9 Å². The van der Waals surface area contributed by atoms with Gasteiger partial charge in [0.1, 0.15) is 0 Å². The lowest BCUT2D eigenvalue weighted by Gasteiger charge is -2.33. The number of hydrogen-bond acceptors (Lipinski definition) is 4. The summed E-state index contributed by atoms with van der Waals surface area (Å²) in [5.41, 5.74) is 0. The Kier molecular flexibility index (Phi) is 5.64. The number of nitrogens with zero attached hydrogens (tertiary/aromatic N) is 1. The number of hydrogen-bond donors (Lipinski definition) is 1. The van der Waals surface area contributed by atoms with Gasteiger partial charge in [-0.05, 0) is 64.6 Å². The number of carbonyl (C=O) groups is 1. The standard InChI is InChI=1S/C15H28N2O2/c1-17-9-3-4-12(11-17)10-16-14-7-5-13(6-8-14)15(18)19-2/h12-14,16H,3-11H2,1-2H3. The van der Waals surface area contributed by atoms with Crippen LogP contribution in [0.3, 0.4) is 0 Å². The number of rotatable bonds is 4. The largest absolute Gasteiger partial charge is 0.469 e. The summed E-state index contributed by atoms with van der Waals surface area (Å²) >= 11 is 0. The highest BCUT2D eigenvalue weighted by atomic mass is 16.5. The van der Waals surface area contributed by atoms with Gasteiger partial charge in [0.05, 0.1) is 13.0 Å². The predicted octanol–water partition coefficient (Wildman–Crippen LogP) is 1.65. The molecule has 2 fully saturated rings. The molecule has 2 rings (SSSR count). The molecule has 0 aromatic heterocycles. The van der Waals surface area contributed by atoms with E-state index in [9.17, 15) is 4.79 Å². The quantitative estimate of drug-likeness (QED) is 0.787. The van der Waals surface area contributed by atoms with Crippen molar-refractivity contribution in [2.24, 2.45) is 11.8 Å². The molecule has 4 nitrogen and oxygen atoms in total. The maximum Gasteiger partial charge on any atom is 0.308 e. The third kappa shape index (κ3) is 4.46. The van der Waals surface area contributed by atoms with Crippen LogP contribution in [-0.4, -0.2) is 50.7 Å². The molecule has 110 valence electrons. The summed E-state index contributed by atoms with van der Waals surface area (Å²) in [6.07, 6.45) is 6.88. The van der Waals surface area contributed by atoms with Crippen molar-refractivity contribution in [2.75, 3.05) is 33.8 Å². The number of ether oxygens (including phenoxy) is 1. The van der Waals surface area contributed by atoms with Gasteiger partial charge in [-0.3, -0.25) is 4.79 Å². The van der Waals surface area contributed by atoms with E-state index in [1.54, 1.807) is 0 Å². The minimum Gasteiger partial charge on any atom is -0.469 e. The third-order valence-corrected chi connectivity index (χ3v) is 4.68. The Balaban J connectivity index is 1.64. The van der Waals surface area contributed by atoms with E-state index in [1.807, 2.05) is 0 Å². The number of esters is 1. The zero-order valence-electron chi connectivity index (χ0n) is 12.4. The Labute approximate surface area is 116 Å². The van der Waals surface area contributed by atoms with E-state index < -0.39 is 0 Å². The fraction of sp³-hybridized carbons (Fsp3) is 0.933. The lowest BCUT2D eigenvalue weighted by Crippen LogP contribution is -2.42. The molecule has 1 saturated carbocycles. The molecule has 0 aromatic carbocycles. The fourth-order valence-corrected chi connectivity index (χ4v) is 3.47. The van der Waals surface area contributed by atoms with E-state index in [2.05, 4.69) is 17.3 Å². The maximum absolute atomic E-state index is 11.5. The summed E-state index contributed by atoms with van der Waals surface area (Å²) < 4.78 is 4.83. The van der Waals surface area contributed by atoms with Gasteiger partial charge in [-0.15, -0.1) is 0 Å². The first-order valence-corrected chi connectivity index (χ1v) is 7.68. The first-order valence-electron chi connectivity index (χ1n) is 7.68. The van der Waals surface area contributed by atoms with Crippen LogP contribution in [0.4, 0.5) is 0 Å². The van der Waals surface area contributed by atoms with Crippen molar-refractivity contribution in [2.45, 2.75) is 44.6 Å². The Morgan fingerprint density at radius 3 is 2.63 bits per heavy atom. The van der Waals surface area contributed by atoms with Crippen LogP contribution in [-0.2, 0) is 9.53 Å². The molecule has 1 N–H and O–H groups in total. The van der Waals surface area contributed by atoms with Gasteiger partial charge in [0, 0.05) is 12.6 Å².